The lowest BCUT2D eigenvalue weighted by Crippen LogP contribution is -2.37. The zero-order valence-corrected chi connectivity index (χ0v) is 10.2. The van der Waals surface area contributed by atoms with Crippen molar-refractivity contribution in [2.75, 3.05) is 19.7 Å². The van der Waals surface area contributed by atoms with Crippen LogP contribution >= 0.6 is 0 Å². The predicted octanol–water partition coefficient (Wildman–Crippen LogP) is 1.52. The molecule has 2 unspecified atom stereocenters. The van der Waals surface area contributed by atoms with Crippen LogP contribution < -0.4 is 5.73 Å². The Labute approximate surface area is 102 Å². The normalized spacial score (nSPS) is 23.1. The van der Waals surface area contributed by atoms with Crippen molar-refractivity contribution in [3.05, 3.63) is 24.2 Å². The van der Waals surface area contributed by atoms with E-state index < -0.39 is 0 Å². The van der Waals surface area contributed by atoms with Crippen LogP contribution in [0.5, 0.6) is 0 Å². The van der Waals surface area contributed by atoms with E-state index in [0.717, 1.165) is 25.1 Å². The Bertz CT molecular complexity index is 313. The molecule has 17 heavy (non-hydrogen) atoms. The van der Waals surface area contributed by atoms with Crippen LogP contribution in [0.3, 0.4) is 0 Å². The molecule has 96 valence electrons. The molecule has 0 bridgehead atoms. The van der Waals surface area contributed by atoms with Gasteiger partial charge in [0.2, 0.25) is 0 Å². The summed E-state index contributed by atoms with van der Waals surface area (Å²) in [5.74, 6) is 0.961. The number of rotatable bonds is 6. The van der Waals surface area contributed by atoms with E-state index in [0.29, 0.717) is 12.6 Å². The highest BCUT2D eigenvalue weighted by atomic mass is 16.3. The van der Waals surface area contributed by atoms with Gasteiger partial charge in [0.15, 0.2) is 0 Å². The van der Waals surface area contributed by atoms with Gasteiger partial charge in [-0.3, -0.25) is 4.90 Å². The monoisotopic (exact) mass is 238 g/mol. The number of aliphatic hydroxyl groups excluding tert-OH is 1. The lowest BCUT2D eigenvalue weighted by Gasteiger charge is -2.31. The van der Waals surface area contributed by atoms with Crippen molar-refractivity contribution in [2.45, 2.75) is 37.8 Å². The van der Waals surface area contributed by atoms with Crippen molar-refractivity contribution in [1.29, 1.82) is 0 Å². The van der Waals surface area contributed by atoms with Gasteiger partial charge < -0.3 is 15.3 Å². The van der Waals surface area contributed by atoms with Crippen molar-refractivity contribution >= 4 is 0 Å². The maximum absolute atomic E-state index is 8.93. The summed E-state index contributed by atoms with van der Waals surface area (Å²) < 4.78 is 5.48. The summed E-state index contributed by atoms with van der Waals surface area (Å²) in [6.45, 7) is 1.94. The summed E-state index contributed by atoms with van der Waals surface area (Å²) in [5, 5.41) is 8.93. The van der Waals surface area contributed by atoms with Gasteiger partial charge in [-0.05, 0) is 44.4 Å². The third-order valence-corrected chi connectivity index (χ3v) is 3.61. The molecule has 1 saturated heterocycles. The summed E-state index contributed by atoms with van der Waals surface area (Å²) in [6, 6.07) is 4.65. The van der Waals surface area contributed by atoms with E-state index in [4.69, 9.17) is 15.3 Å². The standard InChI is InChI=1S/C13H22N2O2/c14-10-12(13-6-3-9-17-13)15-7-1-4-11(15)5-2-8-16/h3,6,9,11-12,16H,1-2,4-5,7-8,10,14H2. The molecule has 0 amide bonds. The second-order valence-electron chi connectivity index (χ2n) is 4.67. The number of nitrogens with zero attached hydrogens (tertiary/aromatic N) is 1. The van der Waals surface area contributed by atoms with Crippen LogP contribution in [0.15, 0.2) is 22.8 Å². The molecule has 0 aliphatic carbocycles. The van der Waals surface area contributed by atoms with Crippen LogP contribution in [0.2, 0.25) is 0 Å². The van der Waals surface area contributed by atoms with Crippen molar-refractivity contribution in [3.8, 4) is 0 Å². The molecular weight excluding hydrogens is 216 g/mol. The van der Waals surface area contributed by atoms with Crippen LogP contribution in [-0.4, -0.2) is 35.7 Å². The maximum Gasteiger partial charge on any atom is 0.122 e. The Balaban J connectivity index is 2.03. The molecule has 2 atom stereocenters. The first-order valence-electron chi connectivity index (χ1n) is 6.47. The third kappa shape index (κ3) is 2.89. The van der Waals surface area contributed by atoms with E-state index in [1.54, 1.807) is 6.26 Å². The fraction of sp³-hybridized carbons (Fsp3) is 0.692. The van der Waals surface area contributed by atoms with Crippen LogP contribution in [0.4, 0.5) is 0 Å². The third-order valence-electron chi connectivity index (χ3n) is 3.61. The Kier molecular flexibility index (Phi) is 4.59. The highest BCUT2D eigenvalue weighted by molar-refractivity contribution is 5.06. The summed E-state index contributed by atoms with van der Waals surface area (Å²) in [7, 11) is 0. The first kappa shape index (κ1) is 12.6. The van der Waals surface area contributed by atoms with Gasteiger partial charge in [0.1, 0.15) is 5.76 Å². The number of hydrogen-bond donors (Lipinski definition) is 2. The van der Waals surface area contributed by atoms with Gasteiger partial charge in [-0.1, -0.05) is 0 Å². The molecule has 1 aromatic rings. The predicted molar refractivity (Wildman–Crippen MR) is 66.6 cm³/mol. The Hall–Kier alpha value is -0.840. The second kappa shape index (κ2) is 6.19. The van der Waals surface area contributed by atoms with Crippen molar-refractivity contribution < 1.29 is 9.52 Å². The van der Waals surface area contributed by atoms with E-state index in [1.807, 2.05) is 12.1 Å². The summed E-state index contributed by atoms with van der Waals surface area (Å²) >= 11 is 0. The number of aliphatic hydroxyl groups is 1. The van der Waals surface area contributed by atoms with Crippen LogP contribution in [-0.2, 0) is 0 Å². The van der Waals surface area contributed by atoms with Gasteiger partial charge in [-0.25, -0.2) is 0 Å². The fourth-order valence-electron chi connectivity index (χ4n) is 2.80. The molecule has 1 aliphatic heterocycles. The molecule has 4 nitrogen and oxygen atoms in total. The van der Waals surface area contributed by atoms with E-state index in [1.165, 1.54) is 12.8 Å². The van der Waals surface area contributed by atoms with E-state index in [9.17, 15) is 0 Å². The van der Waals surface area contributed by atoms with Crippen LogP contribution in [0.25, 0.3) is 0 Å². The first-order valence-corrected chi connectivity index (χ1v) is 6.47. The zero-order chi connectivity index (χ0) is 12.1. The molecule has 0 spiro atoms. The van der Waals surface area contributed by atoms with E-state index in [2.05, 4.69) is 4.90 Å². The number of nitrogens with two attached hydrogens (primary N) is 1. The minimum absolute atomic E-state index is 0.191. The average Bonchev–Trinajstić information content (AvgIpc) is 2.99. The minimum Gasteiger partial charge on any atom is -0.468 e. The molecule has 3 N–H and O–H groups in total. The Morgan fingerprint density at radius 3 is 3.12 bits per heavy atom. The molecule has 1 aromatic heterocycles. The Morgan fingerprint density at radius 2 is 2.47 bits per heavy atom. The molecule has 2 rings (SSSR count). The first-order chi connectivity index (χ1) is 8.36. The van der Waals surface area contributed by atoms with Gasteiger partial charge in [-0.2, -0.15) is 0 Å². The summed E-state index contributed by atoms with van der Waals surface area (Å²) in [6.07, 6.45) is 6.05. The highest BCUT2D eigenvalue weighted by Crippen LogP contribution is 2.31. The summed E-state index contributed by atoms with van der Waals surface area (Å²) in [4.78, 5) is 2.44. The SMILES string of the molecule is NCC(c1ccco1)N1CCCC1CCCO. The van der Waals surface area contributed by atoms with Crippen LogP contribution in [0, 0.1) is 0 Å². The van der Waals surface area contributed by atoms with Gasteiger partial charge in [-0.15, -0.1) is 0 Å². The van der Waals surface area contributed by atoms with Gasteiger partial charge in [0.25, 0.3) is 0 Å². The van der Waals surface area contributed by atoms with Crippen LogP contribution in [0.1, 0.15) is 37.5 Å². The fourth-order valence-corrected chi connectivity index (χ4v) is 2.80. The largest absolute Gasteiger partial charge is 0.468 e. The molecule has 4 heteroatoms. The number of furan rings is 1. The zero-order valence-electron chi connectivity index (χ0n) is 10.2. The van der Waals surface area contributed by atoms with Crippen molar-refractivity contribution in [2.24, 2.45) is 5.73 Å². The van der Waals surface area contributed by atoms with Gasteiger partial charge >= 0.3 is 0 Å². The molecule has 0 radical (unpaired) electrons. The molecule has 1 fully saturated rings. The quantitative estimate of drug-likeness (QED) is 0.788. The van der Waals surface area contributed by atoms with Gasteiger partial charge in [0.05, 0.1) is 12.3 Å². The lowest BCUT2D eigenvalue weighted by molar-refractivity contribution is 0.149. The lowest BCUT2D eigenvalue weighted by atomic mass is 10.1. The molecule has 1 aliphatic rings. The Morgan fingerprint density at radius 1 is 1.59 bits per heavy atom. The van der Waals surface area contributed by atoms with Gasteiger partial charge in [0, 0.05) is 19.2 Å². The molecule has 2 heterocycles. The number of likely N-dealkylation sites (tertiary alicyclic amines) is 1. The minimum atomic E-state index is 0.191. The molecule has 0 aromatic carbocycles. The summed E-state index contributed by atoms with van der Waals surface area (Å²) in [5.41, 5.74) is 5.88. The highest BCUT2D eigenvalue weighted by Gasteiger charge is 2.31. The van der Waals surface area contributed by atoms with Crippen molar-refractivity contribution in [3.63, 3.8) is 0 Å². The average molecular weight is 238 g/mol. The molecule has 0 saturated carbocycles. The maximum atomic E-state index is 8.93. The topological polar surface area (TPSA) is 62.6 Å². The smallest absolute Gasteiger partial charge is 0.122 e. The van der Waals surface area contributed by atoms with E-state index in [-0.39, 0.29) is 12.6 Å². The number of hydrogen-bond acceptors (Lipinski definition) is 4. The second-order valence-corrected chi connectivity index (χ2v) is 4.67. The van der Waals surface area contributed by atoms with E-state index >= 15 is 0 Å². The van der Waals surface area contributed by atoms with Crippen molar-refractivity contribution in [1.82, 2.24) is 4.90 Å². The molecular formula is C13H22N2O2.